The highest BCUT2D eigenvalue weighted by Gasteiger charge is 2.18. The average molecular weight is 567 g/mol. The highest BCUT2D eigenvalue weighted by Crippen LogP contribution is 2.41. The number of aromatic nitrogens is 1. The summed E-state index contributed by atoms with van der Waals surface area (Å²) in [5.41, 5.74) is 11.8. The van der Waals surface area contributed by atoms with Gasteiger partial charge in [-0.1, -0.05) is 115 Å². The SMILES string of the molecule is C/C=C\C(=C/C)c1ccc(N(c2ccc(-c3c(-c4ccccc4)cc4ccccn34)cc2)c2cccc3ccccc23)cc1. The molecule has 2 aromatic heterocycles. The van der Waals surface area contributed by atoms with E-state index in [2.05, 4.69) is 193 Å². The minimum Gasteiger partial charge on any atom is -0.316 e. The van der Waals surface area contributed by atoms with E-state index < -0.39 is 0 Å². The van der Waals surface area contributed by atoms with Crippen molar-refractivity contribution in [1.29, 1.82) is 0 Å². The molecular formula is C42H34N2. The Kier molecular flexibility index (Phi) is 7.40. The zero-order valence-electron chi connectivity index (χ0n) is 25.1. The summed E-state index contributed by atoms with van der Waals surface area (Å²) in [6.45, 7) is 4.15. The van der Waals surface area contributed by atoms with Crippen LogP contribution in [0.25, 0.3) is 44.2 Å². The second-order valence-electron chi connectivity index (χ2n) is 10.9. The summed E-state index contributed by atoms with van der Waals surface area (Å²) in [6, 6.07) is 52.4. The quantitative estimate of drug-likeness (QED) is 0.174. The maximum atomic E-state index is 2.37. The molecule has 5 aromatic carbocycles. The summed E-state index contributed by atoms with van der Waals surface area (Å²) in [5, 5.41) is 2.44. The Balaban J connectivity index is 1.37. The predicted molar refractivity (Wildman–Crippen MR) is 189 cm³/mol. The zero-order valence-corrected chi connectivity index (χ0v) is 25.1. The number of anilines is 3. The van der Waals surface area contributed by atoms with Crippen molar-refractivity contribution in [3.63, 3.8) is 0 Å². The van der Waals surface area contributed by atoms with Crippen molar-refractivity contribution in [2.75, 3.05) is 4.90 Å². The molecule has 0 spiro atoms. The molecule has 2 heterocycles. The van der Waals surface area contributed by atoms with Crippen molar-refractivity contribution in [1.82, 2.24) is 4.40 Å². The number of nitrogens with zero attached hydrogens (tertiary/aromatic N) is 2. The first-order valence-corrected chi connectivity index (χ1v) is 15.2. The smallest absolute Gasteiger partial charge is 0.0607 e. The van der Waals surface area contributed by atoms with Gasteiger partial charge in [0.2, 0.25) is 0 Å². The molecular weight excluding hydrogens is 532 g/mol. The Morgan fingerprint density at radius 3 is 2.05 bits per heavy atom. The highest BCUT2D eigenvalue weighted by molar-refractivity contribution is 5.99. The van der Waals surface area contributed by atoms with Crippen LogP contribution in [-0.2, 0) is 0 Å². The number of rotatable bonds is 7. The summed E-state index contributed by atoms with van der Waals surface area (Å²) in [4.78, 5) is 2.37. The van der Waals surface area contributed by atoms with E-state index in [-0.39, 0.29) is 0 Å². The van der Waals surface area contributed by atoms with Gasteiger partial charge in [0.05, 0.1) is 11.4 Å². The van der Waals surface area contributed by atoms with Crippen molar-refractivity contribution < 1.29 is 0 Å². The van der Waals surface area contributed by atoms with E-state index in [0.717, 1.165) is 17.1 Å². The van der Waals surface area contributed by atoms with E-state index in [4.69, 9.17) is 0 Å². The first kappa shape index (κ1) is 27.2. The van der Waals surface area contributed by atoms with Gasteiger partial charge in [-0.3, -0.25) is 0 Å². The number of benzene rings is 5. The van der Waals surface area contributed by atoms with Crippen LogP contribution >= 0.6 is 0 Å². The van der Waals surface area contributed by atoms with Crippen LogP contribution in [-0.4, -0.2) is 4.40 Å². The second kappa shape index (κ2) is 11.9. The molecule has 0 saturated carbocycles. The maximum absolute atomic E-state index is 2.37. The summed E-state index contributed by atoms with van der Waals surface area (Å²) >= 11 is 0. The van der Waals surface area contributed by atoms with Crippen LogP contribution < -0.4 is 4.90 Å². The first-order valence-electron chi connectivity index (χ1n) is 15.2. The van der Waals surface area contributed by atoms with Gasteiger partial charge >= 0.3 is 0 Å². The molecule has 0 fully saturated rings. The molecule has 0 N–H and O–H groups in total. The zero-order chi connectivity index (χ0) is 29.9. The average Bonchev–Trinajstić information content (AvgIpc) is 3.48. The fraction of sp³-hybridized carbons (Fsp3) is 0.0476. The third-order valence-electron chi connectivity index (χ3n) is 8.29. The minimum atomic E-state index is 1.11. The largest absolute Gasteiger partial charge is 0.316 e. The van der Waals surface area contributed by atoms with Gasteiger partial charge in [-0.15, -0.1) is 0 Å². The molecule has 0 aliphatic heterocycles. The lowest BCUT2D eigenvalue weighted by molar-refractivity contribution is 1.20. The van der Waals surface area contributed by atoms with Gasteiger partial charge in [-0.2, -0.15) is 0 Å². The molecule has 7 aromatic rings. The van der Waals surface area contributed by atoms with E-state index in [0.29, 0.717) is 0 Å². The number of hydrogen-bond donors (Lipinski definition) is 0. The monoisotopic (exact) mass is 566 g/mol. The normalized spacial score (nSPS) is 11.9. The standard InChI is InChI=1S/C42H34N2/c1-3-13-31(4-2)32-21-25-36(26-22-32)44(41-20-12-17-33-16-8-9-19-39(33)41)37-27-23-35(24-28-37)42-40(34-14-6-5-7-15-34)30-38-18-10-11-29-43(38)42/h3-30H,1-2H3/b13-3-,31-4+. The van der Waals surface area contributed by atoms with Crippen LogP contribution in [0.15, 0.2) is 170 Å². The third-order valence-corrected chi connectivity index (χ3v) is 8.29. The second-order valence-corrected chi connectivity index (χ2v) is 10.9. The molecule has 212 valence electrons. The predicted octanol–water partition coefficient (Wildman–Crippen LogP) is 11.9. The summed E-state index contributed by atoms with van der Waals surface area (Å²) in [7, 11) is 0. The van der Waals surface area contributed by atoms with E-state index in [1.165, 1.54) is 49.8 Å². The van der Waals surface area contributed by atoms with E-state index in [1.807, 2.05) is 0 Å². The Bertz CT molecular complexity index is 2110. The molecule has 2 nitrogen and oxygen atoms in total. The lowest BCUT2D eigenvalue weighted by Crippen LogP contribution is -2.10. The molecule has 0 bridgehead atoms. The molecule has 2 heteroatoms. The van der Waals surface area contributed by atoms with Gasteiger partial charge < -0.3 is 9.30 Å². The van der Waals surface area contributed by atoms with Crippen molar-refractivity contribution in [3.05, 3.63) is 176 Å². The Hall–Kier alpha value is -5.60. The van der Waals surface area contributed by atoms with Crippen LogP contribution in [0.3, 0.4) is 0 Å². The van der Waals surface area contributed by atoms with E-state index >= 15 is 0 Å². The fourth-order valence-electron chi connectivity index (χ4n) is 6.20. The van der Waals surface area contributed by atoms with Gasteiger partial charge in [0.15, 0.2) is 0 Å². The van der Waals surface area contributed by atoms with Crippen molar-refractivity contribution in [2.45, 2.75) is 13.8 Å². The molecule has 44 heavy (non-hydrogen) atoms. The molecule has 0 amide bonds. The maximum Gasteiger partial charge on any atom is 0.0607 e. The molecule has 0 saturated heterocycles. The number of pyridine rings is 1. The van der Waals surface area contributed by atoms with Gasteiger partial charge in [0, 0.05) is 34.0 Å². The molecule has 0 radical (unpaired) electrons. The number of fused-ring (bicyclic) bond motifs is 2. The molecule has 0 unspecified atom stereocenters. The van der Waals surface area contributed by atoms with Crippen LogP contribution in [0, 0.1) is 0 Å². The van der Waals surface area contributed by atoms with Crippen LogP contribution in [0.4, 0.5) is 17.1 Å². The lowest BCUT2D eigenvalue weighted by atomic mass is 10.0. The Morgan fingerprint density at radius 2 is 1.30 bits per heavy atom. The van der Waals surface area contributed by atoms with Crippen LogP contribution in [0.5, 0.6) is 0 Å². The molecule has 7 rings (SSSR count). The third kappa shape index (κ3) is 5.01. The Morgan fingerprint density at radius 1 is 0.614 bits per heavy atom. The van der Waals surface area contributed by atoms with Crippen molar-refractivity contribution in [3.8, 4) is 22.4 Å². The Labute approximate surface area is 259 Å². The molecule has 0 atom stereocenters. The summed E-state index contributed by atoms with van der Waals surface area (Å²) in [6.07, 6.45) is 8.56. The first-order chi connectivity index (χ1) is 21.7. The number of allylic oxidation sites excluding steroid dienone is 4. The lowest BCUT2D eigenvalue weighted by Gasteiger charge is -2.27. The van der Waals surface area contributed by atoms with Gasteiger partial charge in [0.1, 0.15) is 0 Å². The van der Waals surface area contributed by atoms with Crippen molar-refractivity contribution in [2.24, 2.45) is 0 Å². The summed E-state index contributed by atoms with van der Waals surface area (Å²) in [5.74, 6) is 0. The van der Waals surface area contributed by atoms with Gasteiger partial charge in [-0.25, -0.2) is 0 Å². The fourth-order valence-corrected chi connectivity index (χ4v) is 6.20. The topological polar surface area (TPSA) is 7.65 Å². The highest BCUT2D eigenvalue weighted by atomic mass is 15.1. The molecule has 0 aliphatic rings. The number of hydrogen-bond acceptors (Lipinski definition) is 1. The minimum absolute atomic E-state index is 1.11. The van der Waals surface area contributed by atoms with Crippen LogP contribution in [0.2, 0.25) is 0 Å². The van der Waals surface area contributed by atoms with E-state index in [1.54, 1.807) is 0 Å². The van der Waals surface area contributed by atoms with Gasteiger partial charge in [-0.05, 0) is 90.0 Å². The molecule has 0 aliphatic carbocycles. The van der Waals surface area contributed by atoms with Crippen molar-refractivity contribution >= 4 is 38.9 Å². The summed E-state index contributed by atoms with van der Waals surface area (Å²) < 4.78 is 2.29. The van der Waals surface area contributed by atoms with E-state index in [9.17, 15) is 0 Å². The van der Waals surface area contributed by atoms with Crippen LogP contribution in [0.1, 0.15) is 19.4 Å². The van der Waals surface area contributed by atoms with Gasteiger partial charge in [0.25, 0.3) is 0 Å².